The van der Waals surface area contributed by atoms with Crippen LogP contribution in [-0.4, -0.2) is 29.6 Å². The van der Waals surface area contributed by atoms with Crippen LogP contribution < -0.4 is 5.73 Å². The highest BCUT2D eigenvalue weighted by molar-refractivity contribution is 4.84. The summed E-state index contributed by atoms with van der Waals surface area (Å²) < 4.78 is 0. The summed E-state index contributed by atoms with van der Waals surface area (Å²) in [5.74, 6) is 0.801. The zero-order valence-corrected chi connectivity index (χ0v) is 11.6. The first-order chi connectivity index (χ1) is 7.60. The van der Waals surface area contributed by atoms with Gasteiger partial charge in [-0.3, -0.25) is 4.90 Å². The second-order valence-electron chi connectivity index (χ2n) is 5.53. The van der Waals surface area contributed by atoms with Crippen molar-refractivity contribution in [3.05, 3.63) is 0 Å². The summed E-state index contributed by atoms with van der Waals surface area (Å²) >= 11 is 0. The lowest BCUT2D eigenvalue weighted by molar-refractivity contribution is 0.0845. The van der Waals surface area contributed by atoms with E-state index in [2.05, 4.69) is 32.6 Å². The van der Waals surface area contributed by atoms with Crippen molar-refractivity contribution in [1.29, 1.82) is 0 Å². The van der Waals surface area contributed by atoms with E-state index in [0.717, 1.165) is 12.0 Å². The molecule has 0 radical (unpaired) electrons. The van der Waals surface area contributed by atoms with Crippen LogP contribution in [0.15, 0.2) is 0 Å². The van der Waals surface area contributed by atoms with Crippen LogP contribution in [0.25, 0.3) is 0 Å². The summed E-state index contributed by atoms with van der Waals surface area (Å²) in [4.78, 5) is 2.71. The molecule has 2 atom stereocenters. The molecule has 1 aliphatic carbocycles. The molecule has 1 rings (SSSR count). The quantitative estimate of drug-likeness (QED) is 0.781. The van der Waals surface area contributed by atoms with Crippen LogP contribution in [0.2, 0.25) is 0 Å². The van der Waals surface area contributed by atoms with Gasteiger partial charge in [0.2, 0.25) is 0 Å². The van der Waals surface area contributed by atoms with Gasteiger partial charge in [-0.2, -0.15) is 0 Å². The molecule has 2 N–H and O–H groups in total. The Labute approximate surface area is 102 Å². The number of hydrogen-bond donors (Lipinski definition) is 1. The van der Waals surface area contributed by atoms with Crippen LogP contribution >= 0.6 is 0 Å². The Morgan fingerprint density at radius 3 is 2.12 bits per heavy atom. The normalized spacial score (nSPS) is 30.4. The molecule has 96 valence electrons. The lowest BCUT2D eigenvalue weighted by atomic mass is 9.88. The molecule has 1 aliphatic rings. The molecule has 0 aromatic carbocycles. The molecule has 1 fully saturated rings. The molecule has 0 spiro atoms. The third kappa shape index (κ3) is 3.46. The van der Waals surface area contributed by atoms with E-state index < -0.39 is 0 Å². The van der Waals surface area contributed by atoms with Crippen molar-refractivity contribution >= 4 is 0 Å². The predicted octanol–water partition coefficient (Wildman–Crippen LogP) is 3.01. The average Bonchev–Trinajstić information content (AvgIpc) is 2.31. The highest BCUT2D eigenvalue weighted by Gasteiger charge is 2.28. The van der Waals surface area contributed by atoms with Gasteiger partial charge in [0.1, 0.15) is 0 Å². The van der Waals surface area contributed by atoms with Crippen molar-refractivity contribution in [3.63, 3.8) is 0 Å². The van der Waals surface area contributed by atoms with E-state index in [-0.39, 0.29) is 0 Å². The highest BCUT2D eigenvalue weighted by atomic mass is 15.2. The Hall–Kier alpha value is -0.0800. The van der Waals surface area contributed by atoms with Crippen molar-refractivity contribution in [2.45, 2.75) is 77.9 Å². The Morgan fingerprint density at radius 1 is 1.12 bits per heavy atom. The minimum absolute atomic E-state index is 0.467. The Balaban J connectivity index is 2.53. The molecular weight excluding hydrogens is 196 g/mol. The van der Waals surface area contributed by atoms with Crippen molar-refractivity contribution in [2.75, 3.05) is 6.54 Å². The molecule has 2 unspecified atom stereocenters. The largest absolute Gasteiger partial charge is 0.328 e. The fourth-order valence-corrected chi connectivity index (χ4v) is 2.98. The topological polar surface area (TPSA) is 29.3 Å². The van der Waals surface area contributed by atoms with Gasteiger partial charge in [0.05, 0.1) is 0 Å². The van der Waals surface area contributed by atoms with Gasteiger partial charge in [-0.25, -0.2) is 0 Å². The van der Waals surface area contributed by atoms with Crippen molar-refractivity contribution in [3.8, 4) is 0 Å². The Morgan fingerprint density at radius 2 is 1.69 bits per heavy atom. The fourth-order valence-electron chi connectivity index (χ4n) is 2.98. The molecule has 2 nitrogen and oxygen atoms in total. The lowest BCUT2D eigenvalue weighted by Gasteiger charge is -2.41. The molecule has 0 aliphatic heterocycles. The Bertz CT molecular complexity index is 185. The first-order valence-electron chi connectivity index (χ1n) is 7.11. The third-order valence-electron chi connectivity index (χ3n) is 4.57. The maximum absolute atomic E-state index is 5.98. The standard InChI is InChI=1S/C14H30N2/c1-5-11(3)12(4)16(6-2)14-9-7-13(15)8-10-14/h11-14H,5-10,15H2,1-4H3. The van der Waals surface area contributed by atoms with E-state index in [9.17, 15) is 0 Å². The van der Waals surface area contributed by atoms with Gasteiger partial charge in [0.25, 0.3) is 0 Å². The fraction of sp³-hybridized carbons (Fsp3) is 1.00. The van der Waals surface area contributed by atoms with Crippen molar-refractivity contribution in [1.82, 2.24) is 4.90 Å². The summed E-state index contributed by atoms with van der Waals surface area (Å²) in [5, 5.41) is 0. The molecule has 1 saturated carbocycles. The third-order valence-corrected chi connectivity index (χ3v) is 4.57. The summed E-state index contributed by atoms with van der Waals surface area (Å²) in [6, 6.07) is 1.97. The van der Waals surface area contributed by atoms with Gasteiger partial charge in [-0.1, -0.05) is 27.2 Å². The van der Waals surface area contributed by atoms with Crippen molar-refractivity contribution in [2.24, 2.45) is 11.7 Å². The second-order valence-corrected chi connectivity index (χ2v) is 5.53. The SMILES string of the molecule is CCC(C)C(C)N(CC)C1CCC(N)CC1. The van der Waals surface area contributed by atoms with E-state index in [1.807, 2.05) is 0 Å². The molecule has 16 heavy (non-hydrogen) atoms. The minimum atomic E-state index is 0.467. The number of rotatable bonds is 5. The van der Waals surface area contributed by atoms with Crippen LogP contribution in [0.5, 0.6) is 0 Å². The zero-order valence-electron chi connectivity index (χ0n) is 11.6. The highest BCUT2D eigenvalue weighted by Crippen LogP contribution is 2.26. The van der Waals surface area contributed by atoms with Gasteiger partial charge in [-0.15, -0.1) is 0 Å². The summed E-state index contributed by atoms with van der Waals surface area (Å²) in [6.07, 6.45) is 6.32. The zero-order chi connectivity index (χ0) is 12.1. The van der Waals surface area contributed by atoms with Crippen molar-refractivity contribution < 1.29 is 0 Å². The lowest BCUT2D eigenvalue weighted by Crippen LogP contribution is -2.47. The molecule has 0 aromatic heterocycles. The maximum atomic E-state index is 5.98. The second kappa shape index (κ2) is 6.61. The van der Waals surface area contributed by atoms with Crippen LogP contribution in [0, 0.1) is 5.92 Å². The maximum Gasteiger partial charge on any atom is 0.00992 e. The molecular formula is C14H30N2. The van der Waals surface area contributed by atoms with Gasteiger partial charge in [-0.05, 0) is 45.1 Å². The smallest absolute Gasteiger partial charge is 0.00992 e. The molecule has 0 saturated heterocycles. The predicted molar refractivity (Wildman–Crippen MR) is 71.5 cm³/mol. The molecule has 0 amide bonds. The van der Waals surface area contributed by atoms with Crippen LogP contribution in [-0.2, 0) is 0 Å². The molecule has 2 heteroatoms. The molecule has 0 heterocycles. The summed E-state index contributed by atoms with van der Waals surface area (Å²) in [5.41, 5.74) is 5.98. The van der Waals surface area contributed by atoms with E-state index in [0.29, 0.717) is 12.1 Å². The first kappa shape index (κ1) is 14.0. The van der Waals surface area contributed by atoms with Gasteiger partial charge >= 0.3 is 0 Å². The number of hydrogen-bond acceptors (Lipinski definition) is 2. The van der Waals surface area contributed by atoms with E-state index >= 15 is 0 Å². The molecule has 0 bridgehead atoms. The number of nitrogens with zero attached hydrogens (tertiary/aromatic N) is 1. The summed E-state index contributed by atoms with van der Waals surface area (Å²) in [6.45, 7) is 10.6. The van der Waals surface area contributed by atoms with E-state index in [1.54, 1.807) is 0 Å². The van der Waals surface area contributed by atoms with E-state index in [1.165, 1.54) is 38.6 Å². The van der Waals surface area contributed by atoms with E-state index in [4.69, 9.17) is 5.73 Å². The van der Waals surface area contributed by atoms with Crippen LogP contribution in [0.4, 0.5) is 0 Å². The van der Waals surface area contributed by atoms with Gasteiger partial charge in [0, 0.05) is 18.1 Å². The number of nitrogens with two attached hydrogens (primary N) is 1. The first-order valence-corrected chi connectivity index (χ1v) is 7.11. The van der Waals surface area contributed by atoms with Crippen LogP contribution in [0.1, 0.15) is 59.8 Å². The average molecular weight is 226 g/mol. The van der Waals surface area contributed by atoms with Gasteiger partial charge in [0.15, 0.2) is 0 Å². The molecule has 0 aromatic rings. The minimum Gasteiger partial charge on any atom is -0.328 e. The van der Waals surface area contributed by atoms with Gasteiger partial charge < -0.3 is 5.73 Å². The Kier molecular flexibility index (Phi) is 5.77. The summed E-state index contributed by atoms with van der Waals surface area (Å²) in [7, 11) is 0. The van der Waals surface area contributed by atoms with Crippen LogP contribution in [0.3, 0.4) is 0 Å². The monoisotopic (exact) mass is 226 g/mol.